The van der Waals surface area contributed by atoms with Crippen molar-refractivity contribution in [1.29, 1.82) is 0 Å². The Balaban J connectivity index is 2.56. The standard InChI is InChI=1S/C18H20F2O3/c1-3-22-17(23-4-2)14-9-5-6-10-15(14)18(20)13(12-21)8-7-11-16(18)19/h5-13,17H,3-4H2,1-2H3. The molecule has 0 N–H and O–H groups in total. The average Bonchev–Trinajstić information content (AvgIpc) is 2.57. The lowest BCUT2D eigenvalue weighted by molar-refractivity contribution is -0.142. The molecule has 0 amide bonds. The summed E-state index contributed by atoms with van der Waals surface area (Å²) in [4.78, 5) is 11.3. The molecule has 0 aromatic heterocycles. The summed E-state index contributed by atoms with van der Waals surface area (Å²) in [6.45, 7) is 4.29. The highest BCUT2D eigenvalue weighted by atomic mass is 19.2. The first-order valence-corrected chi connectivity index (χ1v) is 7.60. The van der Waals surface area contributed by atoms with E-state index in [0.717, 1.165) is 6.08 Å². The van der Waals surface area contributed by atoms with E-state index in [-0.39, 0.29) is 5.56 Å². The average molecular weight is 322 g/mol. The topological polar surface area (TPSA) is 35.5 Å². The fourth-order valence-corrected chi connectivity index (χ4v) is 2.68. The molecule has 1 aromatic rings. The Labute approximate surface area is 134 Å². The SMILES string of the molecule is CCOC(OCC)c1ccccc1C1(F)C(F)=CC=CC1C=O. The maximum Gasteiger partial charge on any atom is 0.200 e. The molecule has 5 heteroatoms. The number of halogens is 2. The lowest BCUT2D eigenvalue weighted by atomic mass is 9.78. The maximum absolute atomic E-state index is 15.6. The highest BCUT2D eigenvalue weighted by molar-refractivity contribution is 5.64. The molecule has 1 aliphatic rings. The van der Waals surface area contributed by atoms with Crippen LogP contribution in [0.1, 0.15) is 31.3 Å². The van der Waals surface area contributed by atoms with Gasteiger partial charge in [0, 0.05) is 24.3 Å². The van der Waals surface area contributed by atoms with Gasteiger partial charge in [-0.3, -0.25) is 0 Å². The van der Waals surface area contributed by atoms with E-state index in [2.05, 4.69) is 0 Å². The van der Waals surface area contributed by atoms with E-state index in [9.17, 15) is 9.18 Å². The van der Waals surface area contributed by atoms with Gasteiger partial charge in [-0.1, -0.05) is 36.4 Å². The van der Waals surface area contributed by atoms with Crippen LogP contribution < -0.4 is 0 Å². The molecule has 0 fully saturated rings. The Morgan fingerprint density at radius 3 is 2.52 bits per heavy atom. The first-order valence-electron chi connectivity index (χ1n) is 7.60. The van der Waals surface area contributed by atoms with E-state index >= 15 is 4.39 Å². The zero-order valence-corrected chi connectivity index (χ0v) is 13.2. The van der Waals surface area contributed by atoms with Gasteiger partial charge in [0.25, 0.3) is 0 Å². The molecular weight excluding hydrogens is 302 g/mol. The number of benzene rings is 1. The smallest absolute Gasteiger partial charge is 0.200 e. The zero-order valence-electron chi connectivity index (χ0n) is 13.2. The molecule has 124 valence electrons. The van der Waals surface area contributed by atoms with Crippen LogP contribution in [0.2, 0.25) is 0 Å². The van der Waals surface area contributed by atoms with Gasteiger partial charge in [-0.2, -0.15) is 0 Å². The number of aldehydes is 1. The molecule has 2 unspecified atom stereocenters. The Kier molecular flexibility index (Phi) is 5.80. The van der Waals surface area contributed by atoms with Gasteiger partial charge in [0.1, 0.15) is 12.1 Å². The normalized spacial score (nSPS) is 23.9. The third-order valence-electron chi connectivity index (χ3n) is 3.76. The molecule has 3 nitrogen and oxygen atoms in total. The Bertz CT molecular complexity index is 606. The van der Waals surface area contributed by atoms with E-state index in [4.69, 9.17) is 9.47 Å². The Morgan fingerprint density at radius 1 is 1.26 bits per heavy atom. The van der Waals surface area contributed by atoms with Crippen LogP contribution in [0.15, 0.2) is 48.3 Å². The van der Waals surface area contributed by atoms with Crippen molar-refractivity contribution in [2.24, 2.45) is 5.92 Å². The van der Waals surface area contributed by atoms with Crippen LogP contribution in [0.5, 0.6) is 0 Å². The molecule has 0 heterocycles. The second-order valence-electron chi connectivity index (χ2n) is 5.10. The number of carbonyl (C=O) groups is 1. The highest BCUT2D eigenvalue weighted by Gasteiger charge is 2.47. The first kappa shape index (κ1) is 17.5. The van der Waals surface area contributed by atoms with Crippen molar-refractivity contribution in [3.63, 3.8) is 0 Å². The van der Waals surface area contributed by atoms with Crippen molar-refractivity contribution in [1.82, 2.24) is 0 Å². The molecule has 2 rings (SSSR count). The number of ether oxygens (including phenoxy) is 2. The third-order valence-corrected chi connectivity index (χ3v) is 3.76. The van der Waals surface area contributed by atoms with E-state index in [0.29, 0.717) is 25.1 Å². The zero-order chi connectivity index (χ0) is 16.9. The lowest BCUT2D eigenvalue weighted by Gasteiger charge is -2.33. The van der Waals surface area contributed by atoms with Crippen molar-refractivity contribution in [3.8, 4) is 0 Å². The molecule has 2 atom stereocenters. The summed E-state index contributed by atoms with van der Waals surface area (Å²) in [7, 11) is 0. The summed E-state index contributed by atoms with van der Waals surface area (Å²) in [6.07, 6.45) is 3.32. The summed E-state index contributed by atoms with van der Waals surface area (Å²) < 4.78 is 41.0. The second-order valence-corrected chi connectivity index (χ2v) is 5.10. The first-order chi connectivity index (χ1) is 11.1. The van der Waals surface area contributed by atoms with Crippen LogP contribution in [-0.4, -0.2) is 19.5 Å². The van der Waals surface area contributed by atoms with Gasteiger partial charge < -0.3 is 14.3 Å². The summed E-state index contributed by atoms with van der Waals surface area (Å²) >= 11 is 0. The monoisotopic (exact) mass is 322 g/mol. The highest BCUT2D eigenvalue weighted by Crippen LogP contribution is 2.46. The van der Waals surface area contributed by atoms with Crippen molar-refractivity contribution in [3.05, 3.63) is 59.4 Å². The van der Waals surface area contributed by atoms with Gasteiger partial charge in [0.05, 0.1) is 5.92 Å². The molecule has 1 aromatic carbocycles. The van der Waals surface area contributed by atoms with Crippen LogP contribution >= 0.6 is 0 Å². The van der Waals surface area contributed by atoms with E-state index in [1.807, 2.05) is 0 Å². The molecule has 0 radical (unpaired) electrons. The summed E-state index contributed by atoms with van der Waals surface area (Å²) in [5.74, 6) is -2.24. The van der Waals surface area contributed by atoms with Crippen molar-refractivity contribution in [2.75, 3.05) is 13.2 Å². The van der Waals surface area contributed by atoms with Crippen molar-refractivity contribution >= 4 is 6.29 Å². The minimum Gasteiger partial charge on any atom is -0.349 e. The van der Waals surface area contributed by atoms with Crippen molar-refractivity contribution < 1.29 is 23.0 Å². The van der Waals surface area contributed by atoms with Crippen LogP contribution in [0, 0.1) is 5.92 Å². The molecule has 0 spiro atoms. The maximum atomic E-state index is 15.6. The second kappa shape index (κ2) is 7.62. The van der Waals surface area contributed by atoms with Crippen molar-refractivity contribution in [2.45, 2.75) is 25.8 Å². The van der Waals surface area contributed by atoms with Gasteiger partial charge in [0.2, 0.25) is 0 Å². The van der Waals surface area contributed by atoms with Crippen LogP contribution in [0.3, 0.4) is 0 Å². The van der Waals surface area contributed by atoms with E-state index in [1.165, 1.54) is 18.2 Å². The molecule has 0 aliphatic heterocycles. The van der Waals surface area contributed by atoms with Gasteiger partial charge in [0.15, 0.2) is 12.0 Å². The minimum atomic E-state index is -2.56. The molecular formula is C18H20F2O3. The summed E-state index contributed by atoms with van der Waals surface area (Å²) in [5.41, 5.74) is -2.13. The predicted octanol–water partition coefficient (Wildman–Crippen LogP) is 4.16. The molecule has 1 aliphatic carbocycles. The van der Waals surface area contributed by atoms with Crippen LogP contribution in [0.25, 0.3) is 0 Å². The minimum absolute atomic E-state index is 0.0436. The van der Waals surface area contributed by atoms with E-state index < -0.39 is 23.7 Å². The quantitative estimate of drug-likeness (QED) is 0.558. The van der Waals surface area contributed by atoms with Crippen LogP contribution in [0.4, 0.5) is 8.78 Å². The number of hydrogen-bond acceptors (Lipinski definition) is 3. The van der Waals surface area contributed by atoms with Gasteiger partial charge >= 0.3 is 0 Å². The largest absolute Gasteiger partial charge is 0.349 e. The van der Waals surface area contributed by atoms with E-state index in [1.54, 1.807) is 32.0 Å². The number of alkyl halides is 1. The van der Waals surface area contributed by atoms with Gasteiger partial charge in [-0.05, 0) is 19.9 Å². The molecule has 0 saturated carbocycles. The number of hydrogen-bond donors (Lipinski definition) is 0. The molecule has 23 heavy (non-hydrogen) atoms. The number of allylic oxidation sites excluding steroid dienone is 4. The van der Waals surface area contributed by atoms with Crippen LogP contribution in [-0.2, 0) is 19.9 Å². The fraction of sp³-hybridized carbons (Fsp3) is 0.389. The molecule has 0 bridgehead atoms. The van der Waals surface area contributed by atoms with Gasteiger partial charge in [-0.15, -0.1) is 0 Å². The number of carbonyl (C=O) groups excluding carboxylic acids is 1. The fourth-order valence-electron chi connectivity index (χ4n) is 2.68. The summed E-state index contributed by atoms with van der Waals surface area (Å²) in [6, 6.07) is 6.38. The Morgan fingerprint density at radius 2 is 1.91 bits per heavy atom. The number of rotatable bonds is 7. The Hall–Kier alpha value is -1.85. The predicted molar refractivity (Wildman–Crippen MR) is 83.1 cm³/mol. The molecule has 0 saturated heterocycles. The summed E-state index contributed by atoms with van der Waals surface area (Å²) in [5, 5.41) is 0. The third kappa shape index (κ3) is 3.26. The van der Waals surface area contributed by atoms with Gasteiger partial charge in [-0.25, -0.2) is 8.78 Å². The lowest BCUT2D eigenvalue weighted by Crippen LogP contribution is -2.34.